The molecule has 12 heteroatoms. The lowest BCUT2D eigenvalue weighted by Gasteiger charge is -2.48. The molecule has 6 rings (SSSR count). The number of aromatic nitrogens is 2. The first-order valence-corrected chi connectivity index (χ1v) is 18.3. The molecule has 3 fully saturated rings. The van der Waals surface area contributed by atoms with Crippen molar-refractivity contribution in [2.75, 3.05) is 44.2 Å². The van der Waals surface area contributed by atoms with Gasteiger partial charge in [-0.05, 0) is 102 Å². The van der Waals surface area contributed by atoms with Gasteiger partial charge < -0.3 is 20.2 Å². The van der Waals surface area contributed by atoms with Crippen LogP contribution in [0.4, 0.5) is 10.5 Å². The van der Waals surface area contributed by atoms with Crippen molar-refractivity contribution in [3.05, 3.63) is 70.8 Å². The average Bonchev–Trinajstić information content (AvgIpc) is 3.65. The molecule has 46 heavy (non-hydrogen) atoms. The summed E-state index contributed by atoms with van der Waals surface area (Å²) in [6.07, 6.45) is 5.41. The summed E-state index contributed by atoms with van der Waals surface area (Å²) < 4.78 is 28.1. The molecule has 3 heterocycles. The second kappa shape index (κ2) is 13.4. The highest BCUT2D eigenvalue weighted by Crippen LogP contribution is 2.52. The maximum atomic E-state index is 13.1. The van der Waals surface area contributed by atoms with Crippen molar-refractivity contribution < 1.29 is 18.3 Å². The number of aryl methyl sites for hydroxylation is 1. The van der Waals surface area contributed by atoms with Gasteiger partial charge in [-0.15, -0.1) is 0 Å². The molecule has 244 valence electrons. The number of sulfone groups is 1. The number of halogens is 1. The minimum atomic E-state index is -3.71. The minimum Gasteiger partial charge on any atom is -0.465 e. The SMILES string of the molecule is Cn1cc(Br)c(S(=O)(=O)c2ccc(N3CC(CN4CCC(C(C#N)(c5ccccc5)C5CCCC5CNC(=O)O)CC4)C3)cc2)n1. The molecule has 2 aliphatic heterocycles. The van der Waals surface area contributed by atoms with E-state index < -0.39 is 21.3 Å². The molecule has 3 aromatic rings. The molecular formula is C34H41BrN6O4S. The highest BCUT2D eigenvalue weighted by Gasteiger charge is 2.52. The molecular weight excluding hydrogens is 668 g/mol. The predicted molar refractivity (Wildman–Crippen MR) is 178 cm³/mol. The number of benzene rings is 2. The fourth-order valence-corrected chi connectivity index (χ4v) is 10.5. The van der Waals surface area contributed by atoms with Gasteiger partial charge >= 0.3 is 6.09 Å². The third-order valence-corrected chi connectivity index (χ3v) is 13.0. The summed E-state index contributed by atoms with van der Waals surface area (Å²) in [5.41, 5.74) is 1.46. The quantitative estimate of drug-likeness (QED) is 0.290. The van der Waals surface area contributed by atoms with E-state index in [2.05, 4.69) is 54.3 Å². The Morgan fingerprint density at radius 3 is 2.39 bits per heavy atom. The molecule has 0 radical (unpaired) electrons. The maximum Gasteiger partial charge on any atom is 0.404 e. The lowest BCUT2D eigenvalue weighted by molar-refractivity contribution is 0.0903. The summed E-state index contributed by atoms with van der Waals surface area (Å²) in [5, 5.41) is 26.9. The van der Waals surface area contributed by atoms with Crippen molar-refractivity contribution in [2.24, 2.45) is 30.7 Å². The highest BCUT2D eigenvalue weighted by molar-refractivity contribution is 9.10. The van der Waals surface area contributed by atoms with Gasteiger partial charge in [0.2, 0.25) is 9.84 Å². The van der Waals surface area contributed by atoms with Crippen molar-refractivity contribution in [3.8, 4) is 6.07 Å². The highest BCUT2D eigenvalue weighted by atomic mass is 79.9. The van der Waals surface area contributed by atoms with Gasteiger partial charge in [-0.1, -0.05) is 36.8 Å². The van der Waals surface area contributed by atoms with Gasteiger partial charge in [0.05, 0.1) is 20.9 Å². The van der Waals surface area contributed by atoms with E-state index >= 15 is 0 Å². The van der Waals surface area contributed by atoms with Gasteiger partial charge in [-0.3, -0.25) is 4.68 Å². The molecule has 0 spiro atoms. The Balaban J connectivity index is 1.06. The van der Waals surface area contributed by atoms with E-state index in [-0.39, 0.29) is 27.7 Å². The normalized spacial score (nSPS) is 22.6. The van der Waals surface area contributed by atoms with Crippen molar-refractivity contribution in [1.29, 1.82) is 5.26 Å². The number of amides is 1. The topological polar surface area (TPSA) is 132 Å². The van der Waals surface area contributed by atoms with E-state index in [1.807, 2.05) is 30.3 Å². The van der Waals surface area contributed by atoms with Crippen LogP contribution >= 0.6 is 15.9 Å². The van der Waals surface area contributed by atoms with Crippen molar-refractivity contribution in [1.82, 2.24) is 20.0 Å². The molecule has 2 N–H and O–H groups in total. The molecule has 10 nitrogen and oxygen atoms in total. The minimum absolute atomic E-state index is 0.0181. The molecule has 3 unspecified atom stereocenters. The second-order valence-electron chi connectivity index (χ2n) is 13.1. The van der Waals surface area contributed by atoms with Gasteiger partial charge in [-0.25, -0.2) is 13.2 Å². The number of carbonyl (C=O) groups is 1. The molecule has 1 amide bonds. The van der Waals surface area contributed by atoms with Gasteiger partial charge in [0, 0.05) is 51.0 Å². The van der Waals surface area contributed by atoms with Crippen LogP contribution in [0.25, 0.3) is 0 Å². The molecule has 2 aromatic carbocycles. The summed E-state index contributed by atoms with van der Waals surface area (Å²) in [6, 6.07) is 20.1. The van der Waals surface area contributed by atoms with Crippen LogP contribution in [0.1, 0.15) is 37.7 Å². The van der Waals surface area contributed by atoms with E-state index in [1.54, 1.807) is 25.4 Å². The molecule has 2 saturated heterocycles. The molecule has 1 aromatic heterocycles. The zero-order valence-corrected chi connectivity index (χ0v) is 28.5. The van der Waals surface area contributed by atoms with Crippen molar-refractivity contribution in [3.63, 3.8) is 0 Å². The van der Waals surface area contributed by atoms with Crippen LogP contribution in [-0.4, -0.2) is 73.6 Å². The first-order valence-electron chi connectivity index (χ1n) is 16.1. The van der Waals surface area contributed by atoms with Crippen LogP contribution in [0.2, 0.25) is 0 Å². The third kappa shape index (κ3) is 6.29. The van der Waals surface area contributed by atoms with Crippen molar-refractivity contribution in [2.45, 2.75) is 47.4 Å². The maximum absolute atomic E-state index is 13.1. The summed E-state index contributed by atoms with van der Waals surface area (Å²) in [5.74, 6) is 1.02. The number of rotatable bonds is 10. The average molecular weight is 710 g/mol. The van der Waals surface area contributed by atoms with E-state index in [0.717, 1.165) is 76.1 Å². The van der Waals surface area contributed by atoms with Crippen molar-refractivity contribution >= 4 is 37.5 Å². The van der Waals surface area contributed by atoms with Crippen LogP contribution in [0.3, 0.4) is 0 Å². The van der Waals surface area contributed by atoms with Gasteiger partial charge in [0.1, 0.15) is 0 Å². The van der Waals surface area contributed by atoms with E-state index in [1.165, 1.54) is 4.68 Å². The lowest BCUT2D eigenvalue weighted by Crippen LogP contribution is -2.54. The third-order valence-electron chi connectivity index (χ3n) is 10.4. The zero-order valence-electron chi connectivity index (χ0n) is 26.1. The predicted octanol–water partition coefficient (Wildman–Crippen LogP) is 5.31. The molecule has 0 bridgehead atoms. The Bertz CT molecular complexity index is 1680. The molecule has 3 atom stereocenters. The van der Waals surface area contributed by atoms with E-state index in [4.69, 9.17) is 0 Å². The Labute approximate surface area is 279 Å². The summed E-state index contributed by atoms with van der Waals surface area (Å²) >= 11 is 3.30. The van der Waals surface area contributed by atoms with E-state index in [0.29, 0.717) is 16.9 Å². The number of piperidine rings is 1. The monoisotopic (exact) mass is 708 g/mol. The van der Waals surface area contributed by atoms with Gasteiger partial charge in [0.15, 0.2) is 5.03 Å². The number of nitrogens with zero attached hydrogens (tertiary/aromatic N) is 5. The van der Waals surface area contributed by atoms with E-state index in [9.17, 15) is 23.6 Å². The number of nitriles is 1. The molecule has 3 aliphatic rings. The Morgan fingerprint density at radius 1 is 1.09 bits per heavy atom. The smallest absolute Gasteiger partial charge is 0.404 e. The van der Waals surface area contributed by atoms with Crippen LogP contribution in [0, 0.1) is 35.0 Å². The van der Waals surface area contributed by atoms with Gasteiger partial charge in [0.25, 0.3) is 0 Å². The van der Waals surface area contributed by atoms with Crippen LogP contribution in [-0.2, 0) is 22.3 Å². The largest absolute Gasteiger partial charge is 0.465 e. The Kier molecular flexibility index (Phi) is 9.46. The summed E-state index contributed by atoms with van der Waals surface area (Å²) in [4.78, 5) is 16.3. The Hall–Kier alpha value is -3.40. The zero-order chi connectivity index (χ0) is 32.5. The van der Waals surface area contributed by atoms with Crippen LogP contribution in [0.5, 0.6) is 0 Å². The fraction of sp³-hybridized carbons (Fsp3) is 0.500. The first-order chi connectivity index (χ1) is 22.1. The summed E-state index contributed by atoms with van der Waals surface area (Å²) in [7, 11) is -2.02. The number of hydrogen-bond acceptors (Lipinski definition) is 7. The standard InChI is InChI=1S/C34H41BrN6O4S/c1-39-22-31(35)32(38-39)46(44,45)29-12-10-28(11-13-29)41-20-24(21-41)19-40-16-14-27(15-17-40)34(23-36,26-7-3-2-4-8-26)30-9-5-6-25(30)18-37-33(42)43/h2-4,7-8,10-13,22,24-25,27,30,37H,5-6,9,14-21H2,1H3,(H,42,43). The van der Waals surface area contributed by atoms with Crippen LogP contribution in [0.15, 0.2) is 75.2 Å². The molecule has 1 aliphatic carbocycles. The second-order valence-corrected chi connectivity index (χ2v) is 15.8. The Morgan fingerprint density at radius 2 is 1.78 bits per heavy atom. The fourth-order valence-electron chi connectivity index (χ4n) is 8.21. The number of likely N-dealkylation sites (tertiary alicyclic amines) is 1. The summed E-state index contributed by atoms with van der Waals surface area (Å²) in [6.45, 7) is 5.13. The first kappa shape index (κ1) is 32.5. The van der Waals surface area contributed by atoms with Crippen LogP contribution < -0.4 is 10.2 Å². The lowest BCUT2D eigenvalue weighted by atomic mass is 9.58. The number of carboxylic acid groups (broad SMARTS) is 1. The number of hydrogen-bond donors (Lipinski definition) is 2. The van der Waals surface area contributed by atoms with Gasteiger partial charge in [-0.2, -0.15) is 10.4 Å². The number of nitrogens with one attached hydrogen (secondary N) is 1. The molecule has 1 saturated carbocycles. The number of anilines is 1.